The summed E-state index contributed by atoms with van der Waals surface area (Å²) in [6.45, 7) is 6.51. The molecule has 1 fully saturated rings. The van der Waals surface area contributed by atoms with Crippen LogP contribution in [0.3, 0.4) is 0 Å². The summed E-state index contributed by atoms with van der Waals surface area (Å²) in [6, 6.07) is 37.4. The van der Waals surface area contributed by atoms with Gasteiger partial charge in [0.15, 0.2) is 11.5 Å². The molecule has 0 spiro atoms. The van der Waals surface area contributed by atoms with Crippen LogP contribution >= 0.6 is 0 Å². The first-order valence-corrected chi connectivity index (χ1v) is 18.3. The number of imide groups is 2. The van der Waals surface area contributed by atoms with Gasteiger partial charge in [0, 0.05) is 30.6 Å². The van der Waals surface area contributed by atoms with Crippen LogP contribution < -0.4 is 24.6 Å². The molecule has 266 valence electrons. The number of hydrogen-bond donors (Lipinski definition) is 1. The Bertz CT molecular complexity index is 2160. The Morgan fingerprint density at radius 1 is 0.736 bits per heavy atom. The van der Waals surface area contributed by atoms with E-state index in [1.807, 2.05) is 56.3 Å². The zero-order valence-corrected chi connectivity index (χ0v) is 29.9. The monoisotopic (exact) mass is 703 g/mol. The van der Waals surface area contributed by atoms with E-state index in [2.05, 4.69) is 64.8 Å². The molecule has 8 heteroatoms. The standard InChI is InChI=1S/C45H41N3O5/c1-3-52-41-25-30(17-18-40(41)53-28-31-12-10-11-29(2)23-31)24-39-43(49)46-45(51)48(44(39)50)34-26-37-35(32-13-6-4-7-14-32)19-21-47-22-20-36(38(27-34)42(37)47)33-15-8-5-9-16-33/h4-18,23-27,35-36H,3,19-22,28H2,1-2H3,(H,46,49,51)/b39-24+/t35-,36+. The molecule has 3 aliphatic heterocycles. The maximum Gasteiger partial charge on any atom is 0.335 e. The molecule has 8 rings (SSSR count). The number of nitrogens with zero attached hydrogens (tertiary/aromatic N) is 2. The number of barbiturate groups is 1. The first kappa shape index (κ1) is 34.0. The van der Waals surface area contributed by atoms with Crippen LogP contribution in [0.15, 0.2) is 121 Å². The van der Waals surface area contributed by atoms with Gasteiger partial charge in [-0.15, -0.1) is 0 Å². The van der Waals surface area contributed by atoms with Gasteiger partial charge >= 0.3 is 6.03 Å². The van der Waals surface area contributed by atoms with Crippen molar-refractivity contribution in [1.82, 2.24) is 5.32 Å². The second-order valence-electron chi connectivity index (χ2n) is 13.8. The van der Waals surface area contributed by atoms with Gasteiger partial charge in [0.05, 0.1) is 12.3 Å². The van der Waals surface area contributed by atoms with E-state index in [1.165, 1.54) is 22.9 Å². The molecule has 5 aromatic rings. The van der Waals surface area contributed by atoms with Gasteiger partial charge in [-0.05, 0) is 90.4 Å². The number of benzene rings is 5. The summed E-state index contributed by atoms with van der Waals surface area (Å²) >= 11 is 0. The highest BCUT2D eigenvalue weighted by Crippen LogP contribution is 2.50. The summed E-state index contributed by atoms with van der Waals surface area (Å²) in [7, 11) is 0. The van der Waals surface area contributed by atoms with E-state index in [4.69, 9.17) is 9.47 Å². The van der Waals surface area contributed by atoms with Gasteiger partial charge in [-0.25, -0.2) is 9.69 Å². The maximum absolute atomic E-state index is 14.4. The molecule has 4 amide bonds. The van der Waals surface area contributed by atoms with Crippen molar-refractivity contribution in [2.75, 3.05) is 29.5 Å². The lowest BCUT2D eigenvalue weighted by Gasteiger charge is -2.44. The molecule has 53 heavy (non-hydrogen) atoms. The SMILES string of the molecule is CCOc1cc(/C=C2\C(=O)NC(=O)N(c3cc4c5c(c3)[C@H](c3ccccc3)CCN5CC[C@@H]4c3ccccc3)C2=O)ccc1OCc1cccc(C)c1. The predicted octanol–water partition coefficient (Wildman–Crippen LogP) is 8.52. The zero-order chi connectivity index (χ0) is 36.5. The van der Waals surface area contributed by atoms with Crippen molar-refractivity contribution in [3.05, 3.63) is 160 Å². The Kier molecular flexibility index (Phi) is 9.27. The molecule has 0 radical (unpaired) electrons. The van der Waals surface area contributed by atoms with Crippen molar-refractivity contribution in [1.29, 1.82) is 0 Å². The summed E-state index contributed by atoms with van der Waals surface area (Å²) in [5, 5.41) is 2.44. The number of amides is 4. The van der Waals surface area contributed by atoms with Gasteiger partial charge in [0.1, 0.15) is 12.2 Å². The Hall–Kier alpha value is -6.15. The third-order valence-electron chi connectivity index (χ3n) is 10.4. The maximum atomic E-state index is 14.4. The van der Waals surface area contributed by atoms with Gasteiger partial charge in [-0.2, -0.15) is 0 Å². The number of aryl methyl sites for hydroxylation is 1. The molecule has 0 aromatic heterocycles. The number of ether oxygens (including phenoxy) is 2. The van der Waals surface area contributed by atoms with Gasteiger partial charge in [0.25, 0.3) is 11.8 Å². The van der Waals surface area contributed by atoms with Gasteiger partial charge in [0.2, 0.25) is 0 Å². The molecule has 8 nitrogen and oxygen atoms in total. The number of rotatable bonds is 9. The highest BCUT2D eigenvalue weighted by atomic mass is 16.5. The van der Waals surface area contributed by atoms with Crippen molar-refractivity contribution in [3.8, 4) is 11.5 Å². The van der Waals surface area contributed by atoms with Crippen molar-refractivity contribution >= 4 is 35.3 Å². The Labute approximate surface area is 309 Å². The number of urea groups is 1. The second-order valence-corrected chi connectivity index (χ2v) is 13.8. The molecule has 3 heterocycles. The van der Waals surface area contributed by atoms with E-state index < -0.39 is 17.8 Å². The van der Waals surface area contributed by atoms with Crippen molar-refractivity contribution in [3.63, 3.8) is 0 Å². The van der Waals surface area contributed by atoms with Crippen molar-refractivity contribution in [2.45, 2.75) is 45.1 Å². The van der Waals surface area contributed by atoms with E-state index in [0.29, 0.717) is 36.0 Å². The summed E-state index contributed by atoms with van der Waals surface area (Å²) < 4.78 is 12.0. The van der Waals surface area contributed by atoms with Gasteiger partial charge in [-0.3, -0.25) is 14.9 Å². The van der Waals surface area contributed by atoms with E-state index in [-0.39, 0.29) is 17.4 Å². The third kappa shape index (κ3) is 6.68. The molecule has 0 unspecified atom stereocenters. The van der Waals surface area contributed by atoms with Crippen LogP contribution in [-0.4, -0.2) is 37.5 Å². The average Bonchev–Trinajstić information content (AvgIpc) is 3.17. The molecule has 1 N–H and O–H groups in total. The van der Waals surface area contributed by atoms with Crippen LogP contribution in [0.2, 0.25) is 0 Å². The highest BCUT2D eigenvalue weighted by molar-refractivity contribution is 6.39. The lowest BCUT2D eigenvalue weighted by Crippen LogP contribution is -2.54. The number of hydrogen-bond acceptors (Lipinski definition) is 6. The van der Waals surface area contributed by atoms with Crippen molar-refractivity contribution in [2.24, 2.45) is 0 Å². The van der Waals surface area contributed by atoms with Crippen LogP contribution in [0.1, 0.15) is 70.5 Å². The highest BCUT2D eigenvalue weighted by Gasteiger charge is 2.40. The van der Waals surface area contributed by atoms with E-state index >= 15 is 0 Å². The minimum absolute atomic E-state index is 0.0823. The van der Waals surface area contributed by atoms with Crippen LogP contribution in [0.4, 0.5) is 16.2 Å². The first-order valence-electron chi connectivity index (χ1n) is 18.3. The van der Waals surface area contributed by atoms with E-state index in [1.54, 1.807) is 18.2 Å². The molecule has 2 atom stereocenters. The third-order valence-corrected chi connectivity index (χ3v) is 10.4. The number of carbonyl (C=O) groups excluding carboxylic acids is 3. The Morgan fingerprint density at radius 3 is 2.02 bits per heavy atom. The van der Waals surface area contributed by atoms with Gasteiger partial charge < -0.3 is 14.4 Å². The van der Waals surface area contributed by atoms with Crippen molar-refractivity contribution < 1.29 is 23.9 Å². The molecule has 0 saturated carbocycles. The minimum atomic E-state index is -0.768. The summed E-state index contributed by atoms with van der Waals surface area (Å²) in [4.78, 5) is 44.9. The largest absolute Gasteiger partial charge is 0.490 e. The van der Waals surface area contributed by atoms with Crippen LogP contribution in [-0.2, 0) is 16.2 Å². The van der Waals surface area contributed by atoms with Crippen LogP contribution in [0.5, 0.6) is 11.5 Å². The summed E-state index contributed by atoms with van der Waals surface area (Å²) in [5.41, 5.74) is 8.76. The topological polar surface area (TPSA) is 88.2 Å². The fraction of sp³-hybridized carbons (Fsp3) is 0.222. The smallest absolute Gasteiger partial charge is 0.335 e. The summed E-state index contributed by atoms with van der Waals surface area (Å²) in [5.74, 6) is -0.227. The number of nitrogens with one attached hydrogen (secondary N) is 1. The Balaban J connectivity index is 1.17. The van der Waals surface area contributed by atoms with E-state index in [0.717, 1.165) is 53.1 Å². The molecule has 0 aliphatic carbocycles. The average molecular weight is 704 g/mol. The van der Waals surface area contributed by atoms with Crippen LogP contribution in [0, 0.1) is 6.92 Å². The zero-order valence-electron chi connectivity index (χ0n) is 29.9. The molecule has 1 saturated heterocycles. The normalized spacial score (nSPS) is 18.8. The summed E-state index contributed by atoms with van der Waals surface area (Å²) in [6.07, 6.45) is 3.33. The van der Waals surface area contributed by atoms with Gasteiger partial charge in [-0.1, -0.05) is 96.6 Å². The predicted molar refractivity (Wildman–Crippen MR) is 207 cm³/mol. The molecule has 5 aromatic carbocycles. The lowest BCUT2D eigenvalue weighted by atomic mass is 9.76. The fourth-order valence-corrected chi connectivity index (χ4v) is 7.99. The number of carbonyl (C=O) groups is 3. The molecule has 0 bridgehead atoms. The number of anilines is 2. The second kappa shape index (κ2) is 14.5. The lowest BCUT2D eigenvalue weighted by molar-refractivity contribution is -0.122. The first-order chi connectivity index (χ1) is 25.9. The quantitative estimate of drug-likeness (QED) is 0.122. The molecular formula is C45H41N3O5. The Morgan fingerprint density at radius 2 is 1.40 bits per heavy atom. The van der Waals surface area contributed by atoms with E-state index in [9.17, 15) is 14.4 Å². The van der Waals surface area contributed by atoms with Crippen LogP contribution in [0.25, 0.3) is 6.08 Å². The molecular weight excluding hydrogens is 663 g/mol. The molecule has 3 aliphatic rings. The fourth-order valence-electron chi connectivity index (χ4n) is 7.99. The minimum Gasteiger partial charge on any atom is -0.490 e.